The molecular formula is C9H17N3O2. The van der Waals surface area contributed by atoms with E-state index in [1.165, 1.54) is 0 Å². The second-order valence-electron chi connectivity index (χ2n) is 3.56. The van der Waals surface area contributed by atoms with Gasteiger partial charge in [0, 0.05) is 12.6 Å². The molecule has 1 aliphatic rings. The van der Waals surface area contributed by atoms with Crippen molar-refractivity contribution in [3.8, 4) is 0 Å². The number of piperazine rings is 1. The normalized spacial score (nSPS) is 23.9. The Morgan fingerprint density at radius 2 is 2.43 bits per heavy atom. The van der Waals surface area contributed by atoms with Crippen LogP contribution in [0.15, 0.2) is 0 Å². The lowest BCUT2D eigenvalue weighted by molar-refractivity contribution is -0.126. The van der Waals surface area contributed by atoms with Crippen molar-refractivity contribution in [1.29, 1.82) is 0 Å². The van der Waals surface area contributed by atoms with Crippen LogP contribution in [0, 0.1) is 0 Å². The number of hydrogen-bond donors (Lipinski definition) is 3. The number of carbonyl (C=O) groups excluding carboxylic acids is 2. The first-order chi connectivity index (χ1) is 6.63. The molecule has 80 valence electrons. The van der Waals surface area contributed by atoms with Gasteiger partial charge in [0.15, 0.2) is 0 Å². The maximum absolute atomic E-state index is 11.5. The van der Waals surface area contributed by atoms with Crippen molar-refractivity contribution >= 4 is 11.8 Å². The number of nitrogens with one attached hydrogen (secondary N) is 3. The van der Waals surface area contributed by atoms with E-state index in [1.807, 2.05) is 13.8 Å². The van der Waals surface area contributed by atoms with Crippen LogP contribution in [0.5, 0.6) is 0 Å². The molecule has 3 N–H and O–H groups in total. The van der Waals surface area contributed by atoms with Crippen molar-refractivity contribution in [2.75, 3.05) is 13.1 Å². The number of amides is 2. The van der Waals surface area contributed by atoms with Crippen molar-refractivity contribution in [2.24, 2.45) is 0 Å². The average Bonchev–Trinajstić information content (AvgIpc) is 2.18. The highest BCUT2D eigenvalue weighted by Gasteiger charge is 2.23. The molecule has 0 aromatic rings. The van der Waals surface area contributed by atoms with Gasteiger partial charge in [0.05, 0.1) is 6.54 Å². The highest BCUT2D eigenvalue weighted by molar-refractivity contribution is 5.86. The summed E-state index contributed by atoms with van der Waals surface area (Å²) in [7, 11) is 0. The molecule has 0 aliphatic carbocycles. The Hall–Kier alpha value is -1.10. The molecule has 14 heavy (non-hydrogen) atoms. The smallest absolute Gasteiger partial charge is 0.239 e. The van der Waals surface area contributed by atoms with Crippen LogP contribution in [-0.2, 0) is 9.59 Å². The maximum atomic E-state index is 11.5. The summed E-state index contributed by atoms with van der Waals surface area (Å²) in [6.07, 6.45) is 0.908. The van der Waals surface area contributed by atoms with Gasteiger partial charge in [0.25, 0.3) is 0 Å². The fraction of sp³-hybridized carbons (Fsp3) is 0.778. The van der Waals surface area contributed by atoms with E-state index >= 15 is 0 Å². The third-order valence-corrected chi connectivity index (χ3v) is 2.33. The standard InChI is InChI=1S/C9H17N3O2/c1-3-6(2)12-9(14)7-4-11-8(13)5-10-7/h6-7,10H,3-5H2,1-2H3,(H,11,13)(H,12,14). The Labute approximate surface area is 83.6 Å². The Balaban J connectivity index is 2.34. The second-order valence-corrected chi connectivity index (χ2v) is 3.56. The van der Waals surface area contributed by atoms with Crippen molar-refractivity contribution < 1.29 is 9.59 Å². The van der Waals surface area contributed by atoms with Gasteiger partial charge in [-0.15, -0.1) is 0 Å². The van der Waals surface area contributed by atoms with Crippen LogP contribution >= 0.6 is 0 Å². The van der Waals surface area contributed by atoms with Gasteiger partial charge in [0.2, 0.25) is 11.8 Å². The van der Waals surface area contributed by atoms with Crippen molar-refractivity contribution in [1.82, 2.24) is 16.0 Å². The summed E-state index contributed by atoms with van der Waals surface area (Å²) < 4.78 is 0. The first-order valence-electron chi connectivity index (χ1n) is 4.94. The minimum absolute atomic E-state index is 0.0423. The SMILES string of the molecule is CCC(C)NC(=O)C1CNC(=O)CN1. The Kier molecular flexibility index (Phi) is 3.88. The van der Waals surface area contributed by atoms with Gasteiger partial charge in [-0.25, -0.2) is 0 Å². The molecule has 2 unspecified atom stereocenters. The minimum atomic E-state index is -0.290. The number of carbonyl (C=O) groups is 2. The van der Waals surface area contributed by atoms with Crippen LogP contribution < -0.4 is 16.0 Å². The van der Waals surface area contributed by atoms with Crippen molar-refractivity contribution in [2.45, 2.75) is 32.4 Å². The molecule has 0 radical (unpaired) electrons. The lowest BCUT2D eigenvalue weighted by atomic mass is 10.2. The Bertz CT molecular complexity index is 220. The molecule has 0 aromatic heterocycles. The third-order valence-electron chi connectivity index (χ3n) is 2.33. The minimum Gasteiger partial charge on any atom is -0.353 e. The Morgan fingerprint density at radius 1 is 1.71 bits per heavy atom. The molecule has 1 saturated heterocycles. The van der Waals surface area contributed by atoms with Gasteiger partial charge >= 0.3 is 0 Å². The van der Waals surface area contributed by atoms with Crippen LogP contribution in [-0.4, -0.2) is 37.0 Å². The van der Waals surface area contributed by atoms with E-state index in [9.17, 15) is 9.59 Å². The van der Waals surface area contributed by atoms with Gasteiger partial charge in [-0.2, -0.15) is 0 Å². The van der Waals surface area contributed by atoms with Crippen molar-refractivity contribution in [3.05, 3.63) is 0 Å². The van der Waals surface area contributed by atoms with E-state index in [4.69, 9.17) is 0 Å². The quantitative estimate of drug-likeness (QED) is 0.545. The van der Waals surface area contributed by atoms with Gasteiger partial charge in [-0.05, 0) is 13.3 Å². The molecule has 5 heteroatoms. The lowest BCUT2D eigenvalue weighted by Gasteiger charge is -2.24. The highest BCUT2D eigenvalue weighted by atomic mass is 16.2. The molecule has 1 aliphatic heterocycles. The van der Waals surface area contributed by atoms with Crippen LogP contribution in [0.2, 0.25) is 0 Å². The first-order valence-corrected chi connectivity index (χ1v) is 4.94. The molecule has 0 spiro atoms. The largest absolute Gasteiger partial charge is 0.353 e. The van der Waals surface area contributed by atoms with Gasteiger partial charge in [0.1, 0.15) is 6.04 Å². The Morgan fingerprint density at radius 3 is 2.93 bits per heavy atom. The summed E-state index contributed by atoms with van der Waals surface area (Å²) in [5, 5.41) is 8.38. The fourth-order valence-electron chi connectivity index (χ4n) is 1.20. The number of hydrogen-bond acceptors (Lipinski definition) is 3. The summed E-state index contributed by atoms with van der Waals surface area (Å²) in [5.41, 5.74) is 0. The lowest BCUT2D eigenvalue weighted by Crippen LogP contribution is -2.58. The molecule has 5 nitrogen and oxygen atoms in total. The van der Waals surface area contributed by atoms with Crippen LogP contribution in [0.25, 0.3) is 0 Å². The predicted octanol–water partition coefficient (Wildman–Crippen LogP) is -1.01. The van der Waals surface area contributed by atoms with E-state index < -0.39 is 0 Å². The summed E-state index contributed by atoms with van der Waals surface area (Å²) in [5.74, 6) is -0.100. The topological polar surface area (TPSA) is 70.2 Å². The van der Waals surface area contributed by atoms with Gasteiger partial charge in [-0.1, -0.05) is 6.92 Å². The summed E-state index contributed by atoms with van der Waals surface area (Å²) >= 11 is 0. The van der Waals surface area contributed by atoms with Gasteiger partial charge in [-0.3, -0.25) is 14.9 Å². The molecule has 1 rings (SSSR count). The molecule has 2 atom stereocenters. The first kappa shape index (κ1) is 11.0. The molecule has 0 saturated carbocycles. The van der Waals surface area contributed by atoms with Crippen LogP contribution in [0.1, 0.15) is 20.3 Å². The van der Waals surface area contributed by atoms with E-state index in [-0.39, 0.29) is 30.4 Å². The molecule has 1 fully saturated rings. The zero-order valence-electron chi connectivity index (χ0n) is 8.59. The molecule has 1 heterocycles. The van der Waals surface area contributed by atoms with E-state index in [0.717, 1.165) is 6.42 Å². The number of rotatable bonds is 3. The summed E-state index contributed by atoms with van der Waals surface area (Å²) in [6, 6.07) is -0.108. The van der Waals surface area contributed by atoms with Crippen LogP contribution in [0.3, 0.4) is 0 Å². The zero-order chi connectivity index (χ0) is 10.6. The second kappa shape index (κ2) is 4.95. The third kappa shape index (κ3) is 2.99. The van der Waals surface area contributed by atoms with E-state index in [1.54, 1.807) is 0 Å². The molecule has 0 aromatic carbocycles. The summed E-state index contributed by atoms with van der Waals surface area (Å²) in [6.45, 7) is 4.57. The average molecular weight is 199 g/mol. The monoisotopic (exact) mass is 199 g/mol. The van der Waals surface area contributed by atoms with E-state index in [2.05, 4.69) is 16.0 Å². The van der Waals surface area contributed by atoms with Gasteiger partial charge < -0.3 is 10.6 Å². The maximum Gasteiger partial charge on any atom is 0.239 e. The predicted molar refractivity (Wildman–Crippen MR) is 52.7 cm³/mol. The van der Waals surface area contributed by atoms with Crippen LogP contribution in [0.4, 0.5) is 0 Å². The van der Waals surface area contributed by atoms with Crippen molar-refractivity contribution in [3.63, 3.8) is 0 Å². The molecular weight excluding hydrogens is 182 g/mol. The summed E-state index contributed by atoms with van der Waals surface area (Å²) in [4.78, 5) is 22.4. The molecule has 0 bridgehead atoms. The highest BCUT2D eigenvalue weighted by Crippen LogP contribution is 1.92. The molecule has 2 amide bonds. The fourth-order valence-corrected chi connectivity index (χ4v) is 1.20. The van der Waals surface area contributed by atoms with E-state index in [0.29, 0.717) is 6.54 Å². The zero-order valence-corrected chi connectivity index (χ0v) is 8.59.